The Morgan fingerprint density at radius 1 is 1.30 bits per heavy atom. The fourth-order valence-corrected chi connectivity index (χ4v) is 1.99. The third kappa shape index (κ3) is 3.88. The van der Waals surface area contributed by atoms with Gasteiger partial charge in [-0.15, -0.1) is 0 Å². The Morgan fingerprint density at radius 2 is 2.20 bits per heavy atom. The standard InChI is InChI=1S/C13H22N6O/c1-3-6-19-13(16-11-17-19)10-18-7-4-15-12(18)9-14-5-8-20-2/h4,7,11,14H,3,5-6,8-10H2,1-2H3. The van der Waals surface area contributed by atoms with Gasteiger partial charge in [-0.3, -0.25) is 0 Å². The molecule has 0 unspecified atom stereocenters. The first-order chi connectivity index (χ1) is 9.85. The number of rotatable bonds is 9. The highest BCUT2D eigenvalue weighted by atomic mass is 16.5. The summed E-state index contributed by atoms with van der Waals surface area (Å²) in [7, 11) is 1.70. The van der Waals surface area contributed by atoms with Gasteiger partial charge in [0.2, 0.25) is 0 Å². The molecule has 7 heteroatoms. The van der Waals surface area contributed by atoms with Crippen molar-refractivity contribution in [2.24, 2.45) is 0 Å². The number of methoxy groups -OCH3 is 1. The van der Waals surface area contributed by atoms with Crippen LogP contribution in [-0.4, -0.2) is 44.6 Å². The molecule has 0 amide bonds. The molecule has 7 nitrogen and oxygen atoms in total. The second kappa shape index (κ2) is 7.76. The molecule has 2 aromatic heterocycles. The first kappa shape index (κ1) is 14.7. The van der Waals surface area contributed by atoms with Gasteiger partial charge in [-0.25, -0.2) is 14.6 Å². The normalized spacial score (nSPS) is 11.1. The van der Waals surface area contributed by atoms with Crippen LogP contribution < -0.4 is 5.32 Å². The van der Waals surface area contributed by atoms with Crippen molar-refractivity contribution in [2.45, 2.75) is 33.0 Å². The van der Waals surface area contributed by atoms with Crippen LogP contribution in [-0.2, 0) is 24.4 Å². The summed E-state index contributed by atoms with van der Waals surface area (Å²) < 4.78 is 9.05. The van der Waals surface area contributed by atoms with Crippen molar-refractivity contribution >= 4 is 0 Å². The van der Waals surface area contributed by atoms with Gasteiger partial charge in [0.25, 0.3) is 0 Å². The van der Waals surface area contributed by atoms with Crippen molar-refractivity contribution in [3.8, 4) is 0 Å². The van der Waals surface area contributed by atoms with E-state index in [2.05, 4.69) is 31.9 Å². The Hall–Kier alpha value is -1.73. The number of ether oxygens (including phenoxy) is 1. The summed E-state index contributed by atoms with van der Waals surface area (Å²) in [5.74, 6) is 1.95. The second-order valence-electron chi connectivity index (χ2n) is 4.54. The zero-order valence-electron chi connectivity index (χ0n) is 12.1. The van der Waals surface area contributed by atoms with Crippen molar-refractivity contribution in [1.82, 2.24) is 29.6 Å². The highest BCUT2D eigenvalue weighted by Gasteiger charge is 2.08. The third-order valence-electron chi connectivity index (χ3n) is 3.01. The minimum absolute atomic E-state index is 0.696. The molecule has 0 aliphatic carbocycles. The SMILES string of the molecule is CCCn1ncnc1Cn1ccnc1CNCCOC. The molecule has 20 heavy (non-hydrogen) atoms. The largest absolute Gasteiger partial charge is 0.383 e. The van der Waals surface area contributed by atoms with Gasteiger partial charge in [0.1, 0.15) is 18.0 Å². The number of nitrogens with one attached hydrogen (secondary N) is 1. The van der Waals surface area contributed by atoms with Crippen LogP contribution in [0.5, 0.6) is 0 Å². The van der Waals surface area contributed by atoms with Crippen molar-refractivity contribution in [3.63, 3.8) is 0 Å². The Labute approximate surface area is 119 Å². The fourth-order valence-electron chi connectivity index (χ4n) is 1.99. The summed E-state index contributed by atoms with van der Waals surface area (Å²) in [5.41, 5.74) is 0. The van der Waals surface area contributed by atoms with Crippen molar-refractivity contribution in [2.75, 3.05) is 20.3 Å². The number of hydrogen-bond donors (Lipinski definition) is 1. The molecule has 0 bridgehead atoms. The highest BCUT2D eigenvalue weighted by Crippen LogP contribution is 2.04. The van der Waals surface area contributed by atoms with Crippen molar-refractivity contribution in [3.05, 3.63) is 30.4 Å². The molecule has 110 valence electrons. The molecule has 2 aromatic rings. The molecule has 0 saturated heterocycles. The molecule has 2 heterocycles. The highest BCUT2D eigenvalue weighted by molar-refractivity contribution is 4.97. The summed E-state index contributed by atoms with van der Waals surface area (Å²) in [6.45, 7) is 5.96. The zero-order chi connectivity index (χ0) is 14.2. The minimum Gasteiger partial charge on any atom is -0.383 e. The van der Waals surface area contributed by atoms with Gasteiger partial charge >= 0.3 is 0 Å². The minimum atomic E-state index is 0.696. The van der Waals surface area contributed by atoms with Gasteiger partial charge in [-0.2, -0.15) is 5.10 Å². The van der Waals surface area contributed by atoms with Crippen LogP contribution in [0.3, 0.4) is 0 Å². The van der Waals surface area contributed by atoms with Crippen LogP contribution >= 0.6 is 0 Å². The lowest BCUT2D eigenvalue weighted by molar-refractivity contribution is 0.199. The molecule has 2 rings (SSSR count). The Bertz CT molecular complexity index is 506. The summed E-state index contributed by atoms with van der Waals surface area (Å²) in [5, 5.41) is 7.54. The van der Waals surface area contributed by atoms with E-state index in [1.165, 1.54) is 0 Å². The van der Waals surface area contributed by atoms with Gasteiger partial charge in [0.15, 0.2) is 0 Å². The van der Waals surface area contributed by atoms with Gasteiger partial charge < -0.3 is 14.6 Å². The zero-order valence-corrected chi connectivity index (χ0v) is 12.1. The second-order valence-corrected chi connectivity index (χ2v) is 4.54. The van der Waals surface area contributed by atoms with E-state index in [0.29, 0.717) is 13.2 Å². The summed E-state index contributed by atoms with van der Waals surface area (Å²) in [6.07, 6.45) is 6.44. The molecule has 0 aliphatic rings. The maximum absolute atomic E-state index is 5.01. The molecular formula is C13H22N6O. The van der Waals surface area contributed by atoms with Gasteiger partial charge in [-0.1, -0.05) is 6.92 Å². The first-order valence-electron chi connectivity index (χ1n) is 6.91. The van der Waals surface area contributed by atoms with Crippen LogP contribution in [0, 0.1) is 0 Å². The van der Waals surface area contributed by atoms with Gasteiger partial charge in [0.05, 0.1) is 19.7 Å². The Kier molecular flexibility index (Phi) is 5.69. The number of aryl methyl sites for hydroxylation is 1. The molecular weight excluding hydrogens is 256 g/mol. The molecule has 0 aliphatic heterocycles. The van der Waals surface area contributed by atoms with Crippen LogP contribution in [0.25, 0.3) is 0 Å². The number of nitrogens with zero attached hydrogens (tertiary/aromatic N) is 5. The number of aromatic nitrogens is 5. The average Bonchev–Trinajstić information content (AvgIpc) is 3.06. The summed E-state index contributed by atoms with van der Waals surface area (Å²) in [4.78, 5) is 8.70. The van der Waals surface area contributed by atoms with E-state index in [-0.39, 0.29) is 0 Å². The summed E-state index contributed by atoms with van der Waals surface area (Å²) in [6, 6.07) is 0. The Morgan fingerprint density at radius 3 is 3.00 bits per heavy atom. The van der Waals surface area contributed by atoms with Gasteiger partial charge in [-0.05, 0) is 6.42 Å². The van der Waals surface area contributed by atoms with Gasteiger partial charge in [0, 0.05) is 32.6 Å². The number of hydrogen-bond acceptors (Lipinski definition) is 5. The third-order valence-corrected chi connectivity index (χ3v) is 3.01. The molecule has 0 saturated carbocycles. The van der Waals surface area contributed by atoms with E-state index in [0.717, 1.165) is 37.7 Å². The fraction of sp³-hybridized carbons (Fsp3) is 0.615. The van der Waals surface area contributed by atoms with Crippen LogP contribution in [0.4, 0.5) is 0 Å². The van der Waals surface area contributed by atoms with Crippen molar-refractivity contribution < 1.29 is 4.74 Å². The quantitative estimate of drug-likeness (QED) is 0.683. The average molecular weight is 278 g/mol. The summed E-state index contributed by atoms with van der Waals surface area (Å²) >= 11 is 0. The Balaban J connectivity index is 1.95. The van der Waals surface area contributed by atoms with E-state index >= 15 is 0 Å². The van der Waals surface area contributed by atoms with E-state index in [1.54, 1.807) is 13.4 Å². The lowest BCUT2D eigenvalue weighted by Crippen LogP contribution is -2.21. The number of imidazole rings is 1. The predicted octanol–water partition coefficient (Wildman–Crippen LogP) is 0.669. The predicted molar refractivity (Wildman–Crippen MR) is 75.2 cm³/mol. The first-order valence-corrected chi connectivity index (χ1v) is 6.91. The monoisotopic (exact) mass is 278 g/mol. The lowest BCUT2D eigenvalue weighted by Gasteiger charge is -2.09. The smallest absolute Gasteiger partial charge is 0.146 e. The lowest BCUT2D eigenvalue weighted by atomic mass is 10.4. The van der Waals surface area contributed by atoms with E-state index in [9.17, 15) is 0 Å². The maximum atomic E-state index is 5.01. The molecule has 0 atom stereocenters. The van der Waals surface area contributed by atoms with Crippen LogP contribution in [0.2, 0.25) is 0 Å². The van der Waals surface area contributed by atoms with Crippen LogP contribution in [0.15, 0.2) is 18.7 Å². The molecule has 1 N–H and O–H groups in total. The maximum Gasteiger partial charge on any atom is 0.146 e. The van der Waals surface area contributed by atoms with Crippen molar-refractivity contribution in [1.29, 1.82) is 0 Å². The van der Waals surface area contributed by atoms with E-state index < -0.39 is 0 Å². The van der Waals surface area contributed by atoms with Crippen LogP contribution in [0.1, 0.15) is 25.0 Å². The van der Waals surface area contributed by atoms with E-state index in [1.807, 2.05) is 17.1 Å². The molecule has 0 fully saturated rings. The topological polar surface area (TPSA) is 69.8 Å². The molecule has 0 spiro atoms. The molecule has 0 radical (unpaired) electrons. The molecule has 0 aromatic carbocycles. The van der Waals surface area contributed by atoms with E-state index in [4.69, 9.17) is 4.74 Å².